The number of aromatic amines is 1. The summed E-state index contributed by atoms with van der Waals surface area (Å²) in [6, 6.07) is 17.2. The van der Waals surface area contributed by atoms with Crippen molar-refractivity contribution in [3.05, 3.63) is 84.3 Å². The monoisotopic (exact) mass is 357 g/mol. The number of fused-ring (bicyclic) bond motifs is 1. The summed E-state index contributed by atoms with van der Waals surface area (Å²) in [6.45, 7) is 1.94. The van der Waals surface area contributed by atoms with Gasteiger partial charge in [0.1, 0.15) is 11.5 Å². The van der Waals surface area contributed by atoms with Crippen molar-refractivity contribution >= 4 is 22.5 Å². The number of H-pyrrole nitrogens is 1. The van der Waals surface area contributed by atoms with Crippen LogP contribution >= 0.6 is 0 Å². The lowest BCUT2D eigenvalue weighted by Gasteiger charge is -2.11. The molecule has 0 radical (unpaired) electrons. The van der Waals surface area contributed by atoms with Gasteiger partial charge in [-0.3, -0.25) is 9.78 Å². The fraction of sp³-hybridized carbons (Fsp3) is 0.0909. The molecule has 4 rings (SSSR count). The Morgan fingerprint density at radius 1 is 1.11 bits per heavy atom. The van der Waals surface area contributed by atoms with Crippen molar-refractivity contribution in [1.82, 2.24) is 9.97 Å². The third kappa shape index (κ3) is 3.82. The highest BCUT2D eigenvalue weighted by atomic mass is 16.5. The number of carbonyl (C=O) groups is 1. The maximum atomic E-state index is 12.5. The van der Waals surface area contributed by atoms with Crippen LogP contribution in [-0.4, -0.2) is 15.9 Å². The van der Waals surface area contributed by atoms with Crippen molar-refractivity contribution in [1.29, 1.82) is 0 Å². The Balaban J connectivity index is 1.45. The second-order valence-electron chi connectivity index (χ2n) is 6.35. The number of pyridine rings is 1. The molecule has 2 aromatic heterocycles. The van der Waals surface area contributed by atoms with Gasteiger partial charge in [0, 0.05) is 29.0 Å². The number of nitrogens with zero attached hydrogens (tertiary/aromatic N) is 1. The van der Waals surface area contributed by atoms with E-state index in [-0.39, 0.29) is 5.91 Å². The van der Waals surface area contributed by atoms with Gasteiger partial charge in [0.2, 0.25) is 5.91 Å². The zero-order valence-corrected chi connectivity index (χ0v) is 14.9. The van der Waals surface area contributed by atoms with E-state index in [1.54, 1.807) is 12.4 Å². The molecule has 4 aromatic rings. The van der Waals surface area contributed by atoms with Crippen molar-refractivity contribution < 1.29 is 9.53 Å². The van der Waals surface area contributed by atoms with E-state index >= 15 is 0 Å². The highest BCUT2D eigenvalue weighted by Gasteiger charge is 2.10. The topological polar surface area (TPSA) is 67.0 Å². The molecular formula is C22H19N3O2. The summed E-state index contributed by atoms with van der Waals surface area (Å²) in [5.41, 5.74) is 3.73. The zero-order chi connectivity index (χ0) is 18.6. The number of aromatic nitrogens is 2. The molecule has 0 bridgehead atoms. The number of hydrogen-bond acceptors (Lipinski definition) is 3. The first-order chi connectivity index (χ1) is 13.2. The minimum absolute atomic E-state index is 0.0521. The molecule has 2 aromatic carbocycles. The van der Waals surface area contributed by atoms with Crippen LogP contribution in [0.2, 0.25) is 0 Å². The fourth-order valence-electron chi connectivity index (χ4n) is 3.03. The molecule has 0 atom stereocenters. The Morgan fingerprint density at radius 2 is 2.00 bits per heavy atom. The first-order valence-electron chi connectivity index (χ1n) is 8.72. The Bertz CT molecular complexity index is 1090. The number of para-hydroxylation sites is 1. The molecule has 0 aliphatic heterocycles. The van der Waals surface area contributed by atoms with E-state index in [1.807, 2.05) is 67.7 Å². The van der Waals surface area contributed by atoms with Gasteiger partial charge in [-0.25, -0.2) is 0 Å². The van der Waals surface area contributed by atoms with Gasteiger partial charge < -0.3 is 15.0 Å². The number of hydrogen-bond donors (Lipinski definition) is 2. The Kier molecular flexibility index (Phi) is 4.58. The van der Waals surface area contributed by atoms with Crippen molar-refractivity contribution in [2.45, 2.75) is 13.3 Å². The van der Waals surface area contributed by atoms with E-state index in [0.29, 0.717) is 17.9 Å². The lowest BCUT2D eigenvalue weighted by molar-refractivity contribution is -0.115. The van der Waals surface area contributed by atoms with Gasteiger partial charge >= 0.3 is 0 Å². The largest absolute Gasteiger partial charge is 0.456 e. The van der Waals surface area contributed by atoms with E-state index in [0.717, 1.165) is 27.7 Å². The van der Waals surface area contributed by atoms with Crippen molar-refractivity contribution in [3.8, 4) is 11.5 Å². The van der Waals surface area contributed by atoms with Crippen LogP contribution in [0.4, 0.5) is 5.69 Å². The number of benzene rings is 2. The molecule has 1 amide bonds. The van der Waals surface area contributed by atoms with Gasteiger partial charge in [-0.15, -0.1) is 0 Å². The van der Waals surface area contributed by atoms with Crippen LogP contribution in [0.25, 0.3) is 10.9 Å². The Hall–Kier alpha value is -3.60. The number of ether oxygens (including phenoxy) is 1. The number of anilines is 1. The highest BCUT2D eigenvalue weighted by molar-refractivity contribution is 5.96. The minimum Gasteiger partial charge on any atom is -0.456 e. The predicted octanol–water partition coefficient (Wildman–Crippen LogP) is 4.84. The number of nitrogens with one attached hydrogen (secondary N) is 2. The van der Waals surface area contributed by atoms with E-state index in [9.17, 15) is 4.79 Å². The molecule has 5 nitrogen and oxygen atoms in total. The molecule has 2 heterocycles. The lowest BCUT2D eigenvalue weighted by Crippen LogP contribution is -2.15. The second kappa shape index (κ2) is 7.33. The van der Waals surface area contributed by atoms with E-state index in [1.165, 1.54) is 0 Å². The Morgan fingerprint density at radius 3 is 2.81 bits per heavy atom. The molecule has 0 unspecified atom stereocenters. The summed E-state index contributed by atoms with van der Waals surface area (Å²) in [6.07, 6.45) is 5.57. The predicted molar refractivity (Wildman–Crippen MR) is 106 cm³/mol. The zero-order valence-electron chi connectivity index (χ0n) is 14.9. The molecule has 0 saturated carbocycles. The second-order valence-corrected chi connectivity index (χ2v) is 6.35. The van der Waals surface area contributed by atoms with Crippen molar-refractivity contribution in [3.63, 3.8) is 0 Å². The standard InChI is InChI=1S/C22H19N3O2/c1-15-11-17(27-18-5-4-10-23-14-18)8-9-20(15)25-22(26)12-16-13-24-21-7-3-2-6-19(16)21/h2-11,13-14,24H,12H2,1H3,(H,25,26). The van der Waals surface area contributed by atoms with Crippen LogP contribution in [0.5, 0.6) is 11.5 Å². The van der Waals surface area contributed by atoms with Gasteiger partial charge in [-0.1, -0.05) is 18.2 Å². The third-order valence-electron chi connectivity index (χ3n) is 4.37. The quantitative estimate of drug-likeness (QED) is 0.537. The maximum absolute atomic E-state index is 12.5. The van der Waals surface area contributed by atoms with Gasteiger partial charge in [-0.2, -0.15) is 0 Å². The average molecular weight is 357 g/mol. The molecule has 0 saturated heterocycles. The van der Waals surface area contributed by atoms with Crippen molar-refractivity contribution in [2.24, 2.45) is 0 Å². The summed E-state index contributed by atoms with van der Waals surface area (Å²) < 4.78 is 5.77. The van der Waals surface area contributed by atoms with Gasteiger partial charge in [-0.05, 0) is 54.4 Å². The minimum atomic E-state index is -0.0521. The van der Waals surface area contributed by atoms with E-state index in [4.69, 9.17) is 4.74 Å². The summed E-state index contributed by atoms with van der Waals surface area (Å²) >= 11 is 0. The maximum Gasteiger partial charge on any atom is 0.228 e. The third-order valence-corrected chi connectivity index (χ3v) is 4.37. The van der Waals surface area contributed by atoms with Crippen LogP contribution in [0, 0.1) is 6.92 Å². The molecule has 5 heteroatoms. The number of aryl methyl sites for hydroxylation is 1. The summed E-state index contributed by atoms with van der Waals surface area (Å²) in [7, 11) is 0. The summed E-state index contributed by atoms with van der Waals surface area (Å²) in [5.74, 6) is 1.33. The van der Waals surface area contributed by atoms with Crippen LogP contribution in [0.3, 0.4) is 0 Å². The van der Waals surface area contributed by atoms with E-state index in [2.05, 4.69) is 15.3 Å². The number of rotatable bonds is 5. The highest BCUT2D eigenvalue weighted by Crippen LogP contribution is 2.26. The first-order valence-corrected chi connectivity index (χ1v) is 8.72. The molecule has 2 N–H and O–H groups in total. The first kappa shape index (κ1) is 16.8. The number of amides is 1. The molecule has 0 aliphatic rings. The van der Waals surface area contributed by atoms with Crippen LogP contribution < -0.4 is 10.1 Å². The SMILES string of the molecule is Cc1cc(Oc2cccnc2)ccc1NC(=O)Cc1c[nH]c2ccccc12. The van der Waals surface area contributed by atoms with Gasteiger partial charge in [0.05, 0.1) is 12.6 Å². The van der Waals surface area contributed by atoms with Crippen LogP contribution in [0.15, 0.2) is 73.2 Å². The molecule has 0 fully saturated rings. The lowest BCUT2D eigenvalue weighted by atomic mass is 10.1. The summed E-state index contributed by atoms with van der Waals surface area (Å²) in [5, 5.41) is 4.06. The summed E-state index contributed by atoms with van der Waals surface area (Å²) in [4.78, 5) is 19.7. The smallest absolute Gasteiger partial charge is 0.228 e. The van der Waals surface area contributed by atoms with Crippen LogP contribution in [-0.2, 0) is 11.2 Å². The molecule has 0 aliphatic carbocycles. The Labute approximate surface area is 157 Å². The normalized spacial score (nSPS) is 10.7. The van der Waals surface area contributed by atoms with Crippen molar-refractivity contribution in [2.75, 3.05) is 5.32 Å². The van der Waals surface area contributed by atoms with Gasteiger partial charge in [0.25, 0.3) is 0 Å². The number of carbonyl (C=O) groups excluding carboxylic acids is 1. The molecular weight excluding hydrogens is 338 g/mol. The molecule has 134 valence electrons. The van der Waals surface area contributed by atoms with E-state index < -0.39 is 0 Å². The van der Waals surface area contributed by atoms with Gasteiger partial charge in [0.15, 0.2) is 0 Å². The molecule has 27 heavy (non-hydrogen) atoms. The molecule has 0 spiro atoms. The average Bonchev–Trinajstić information content (AvgIpc) is 3.08. The van der Waals surface area contributed by atoms with Crippen LogP contribution in [0.1, 0.15) is 11.1 Å². The fourth-order valence-corrected chi connectivity index (χ4v) is 3.03.